The fourth-order valence-corrected chi connectivity index (χ4v) is 5.66. The molecule has 5 heteroatoms. The number of rotatable bonds is 3. The molecular weight excluding hydrogens is 281 g/mol. The summed E-state index contributed by atoms with van der Waals surface area (Å²) in [6, 6.07) is 0. The first-order chi connectivity index (χ1) is 9.78. The summed E-state index contributed by atoms with van der Waals surface area (Å²) >= 11 is 0. The van der Waals surface area contributed by atoms with E-state index in [2.05, 4.69) is 6.58 Å². The molecule has 2 nitrogen and oxygen atoms in total. The quantitative estimate of drug-likeness (QED) is 0.575. The average Bonchev–Trinajstić information content (AvgIpc) is 2.40. The van der Waals surface area contributed by atoms with Crippen LogP contribution in [0.4, 0.5) is 13.2 Å². The van der Waals surface area contributed by atoms with Gasteiger partial charge in [0, 0.05) is 12.0 Å². The lowest BCUT2D eigenvalue weighted by Crippen LogP contribution is -2.70. The normalized spacial score (nSPS) is 44.7. The van der Waals surface area contributed by atoms with Gasteiger partial charge in [0.15, 0.2) is 0 Å². The van der Waals surface area contributed by atoms with Crippen LogP contribution in [0.2, 0.25) is 0 Å². The minimum Gasteiger partial charge on any atom is -0.455 e. The fourth-order valence-electron chi connectivity index (χ4n) is 5.66. The maximum Gasteiger partial charge on any atom is 0.398 e. The van der Waals surface area contributed by atoms with Crippen molar-refractivity contribution in [1.29, 1.82) is 0 Å². The Bertz CT molecular complexity index is 457. The Morgan fingerprint density at radius 2 is 1.86 bits per heavy atom. The van der Waals surface area contributed by atoms with Crippen LogP contribution in [0.15, 0.2) is 12.7 Å². The number of esters is 1. The summed E-state index contributed by atoms with van der Waals surface area (Å²) in [6.45, 7) is 5.05. The molecule has 4 fully saturated rings. The van der Waals surface area contributed by atoms with Gasteiger partial charge in [-0.1, -0.05) is 13.5 Å². The zero-order valence-electron chi connectivity index (χ0n) is 12.2. The predicted molar refractivity (Wildman–Crippen MR) is 71.4 cm³/mol. The number of ether oxygens (including phenoxy) is 1. The second-order valence-corrected chi connectivity index (χ2v) is 6.99. The van der Waals surface area contributed by atoms with Crippen LogP contribution in [0.25, 0.3) is 0 Å². The summed E-state index contributed by atoms with van der Waals surface area (Å²) in [5, 5.41) is 0. The van der Waals surface area contributed by atoms with Gasteiger partial charge in [0.1, 0.15) is 11.0 Å². The van der Waals surface area contributed by atoms with E-state index >= 15 is 0 Å². The third-order valence-corrected chi connectivity index (χ3v) is 6.16. The van der Waals surface area contributed by atoms with Gasteiger partial charge in [0.2, 0.25) is 0 Å². The Morgan fingerprint density at radius 1 is 1.29 bits per heavy atom. The predicted octanol–water partition coefficient (Wildman–Crippen LogP) is 4.25. The van der Waals surface area contributed by atoms with Gasteiger partial charge in [-0.25, -0.2) is 4.79 Å². The van der Waals surface area contributed by atoms with Crippen molar-refractivity contribution in [3.63, 3.8) is 0 Å². The van der Waals surface area contributed by atoms with Crippen molar-refractivity contribution in [3.8, 4) is 0 Å². The first kappa shape index (κ1) is 14.9. The molecule has 3 unspecified atom stereocenters. The highest BCUT2D eigenvalue weighted by Crippen LogP contribution is 2.71. The molecule has 0 amide bonds. The standard InChI is InChI=1S/C16H21F3O2/c1-3-13(20)21-15(4-2)12-6-10-5-11(7-12)9-14(15,8-10)16(17,18)19/h3,10-12H,1,4-9H2,2H3. The molecule has 0 radical (unpaired) electrons. The van der Waals surface area contributed by atoms with Crippen molar-refractivity contribution in [2.45, 2.75) is 57.2 Å². The van der Waals surface area contributed by atoms with Gasteiger partial charge in [-0.15, -0.1) is 0 Å². The number of hydrogen-bond acceptors (Lipinski definition) is 2. The molecule has 0 saturated heterocycles. The lowest BCUT2D eigenvalue weighted by atomic mass is 9.42. The molecule has 4 bridgehead atoms. The molecule has 0 spiro atoms. The molecular formula is C16H21F3O2. The summed E-state index contributed by atoms with van der Waals surface area (Å²) in [4.78, 5) is 11.7. The van der Waals surface area contributed by atoms with Crippen LogP contribution in [0, 0.1) is 23.2 Å². The number of hydrogen-bond donors (Lipinski definition) is 0. The highest BCUT2D eigenvalue weighted by molar-refractivity contribution is 5.81. The van der Waals surface area contributed by atoms with E-state index in [0.717, 1.165) is 25.3 Å². The third kappa shape index (κ3) is 1.82. The summed E-state index contributed by atoms with van der Waals surface area (Å²) in [5.41, 5.74) is -3.26. The average molecular weight is 302 g/mol. The number of alkyl halides is 3. The topological polar surface area (TPSA) is 26.3 Å². The van der Waals surface area contributed by atoms with Gasteiger partial charge < -0.3 is 4.74 Å². The van der Waals surface area contributed by atoms with E-state index in [0.29, 0.717) is 0 Å². The fraction of sp³-hybridized carbons (Fsp3) is 0.812. The molecule has 0 aliphatic heterocycles. The van der Waals surface area contributed by atoms with Crippen molar-refractivity contribution < 1.29 is 22.7 Å². The molecule has 0 heterocycles. The minimum atomic E-state index is -4.33. The zero-order chi connectivity index (χ0) is 15.5. The van der Waals surface area contributed by atoms with Crippen LogP contribution in [0.3, 0.4) is 0 Å². The van der Waals surface area contributed by atoms with Gasteiger partial charge in [-0.3, -0.25) is 0 Å². The van der Waals surface area contributed by atoms with Crippen molar-refractivity contribution in [2.75, 3.05) is 0 Å². The van der Waals surface area contributed by atoms with Crippen LogP contribution in [0.1, 0.15) is 45.4 Å². The van der Waals surface area contributed by atoms with E-state index in [-0.39, 0.29) is 37.0 Å². The van der Waals surface area contributed by atoms with E-state index in [9.17, 15) is 18.0 Å². The Hall–Kier alpha value is -1.00. The lowest BCUT2D eigenvalue weighted by Gasteiger charge is -2.66. The SMILES string of the molecule is C=CC(=O)OC1(CC)C2CC3CC(C2)CC1(C(F)(F)F)C3. The molecule has 4 aliphatic rings. The molecule has 4 rings (SSSR count). The monoisotopic (exact) mass is 302 g/mol. The largest absolute Gasteiger partial charge is 0.455 e. The Labute approximate surface area is 122 Å². The van der Waals surface area contributed by atoms with E-state index < -0.39 is 23.2 Å². The first-order valence-electron chi connectivity index (χ1n) is 7.70. The lowest BCUT2D eigenvalue weighted by molar-refractivity contribution is -0.350. The molecule has 4 aliphatic carbocycles. The highest BCUT2D eigenvalue weighted by atomic mass is 19.4. The van der Waals surface area contributed by atoms with E-state index in [1.54, 1.807) is 6.92 Å². The minimum absolute atomic E-state index is 0.113. The van der Waals surface area contributed by atoms with Gasteiger partial charge >= 0.3 is 12.1 Å². The molecule has 3 atom stereocenters. The van der Waals surface area contributed by atoms with E-state index in [4.69, 9.17) is 4.74 Å². The number of carbonyl (C=O) groups is 1. The highest BCUT2D eigenvalue weighted by Gasteiger charge is 2.76. The molecule has 4 saturated carbocycles. The van der Waals surface area contributed by atoms with Crippen molar-refractivity contribution in [3.05, 3.63) is 12.7 Å². The van der Waals surface area contributed by atoms with Crippen LogP contribution >= 0.6 is 0 Å². The van der Waals surface area contributed by atoms with Crippen LogP contribution < -0.4 is 0 Å². The summed E-state index contributed by atoms with van der Waals surface area (Å²) in [5.74, 6) is -0.635. The Morgan fingerprint density at radius 3 is 2.29 bits per heavy atom. The van der Waals surface area contributed by atoms with Crippen LogP contribution in [-0.4, -0.2) is 17.7 Å². The van der Waals surface area contributed by atoms with Gasteiger partial charge in [0.25, 0.3) is 0 Å². The molecule has 0 aromatic carbocycles. The number of halogens is 3. The smallest absolute Gasteiger partial charge is 0.398 e. The maximum absolute atomic E-state index is 14.0. The summed E-state index contributed by atoms with van der Waals surface area (Å²) in [6.07, 6.45) is -0.491. The van der Waals surface area contributed by atoms with Gasteiger partial charge in [0.05, 0.1) is 0 Å². The molecule has 118 valence electrons. The zero-order valence-corrected chi connectivity index (χ0v) is 12.2. The van der Waals surface area contributed by atoms with Crippen molar-refractivity contribution >= 4 is 5.97 Å². The summed E-state index contributed by atoms with van der Waals surface area (Å²) < 4.78 is 47.5. The van der Waals surface area contributed by atoms with Gasteiger partial charge in [-0.2, -0.15) is 13.2 Å². The van der Waals surface area contributed by atoms with Crippen LogP contribution in [0.5, 0.6) is 0 Å². The van der Waals surface area contributed by atoms with Crippen molar-refractivity contribution in [2.24, 2.45) is 23.2 Å². The second kappa shape index (κ2) is 4.50. The molecule has 0 aromatic heterocycles. The maximum atomic E-state index is 14.0. The molecule has 0 aromatic rings. The molecule has 21 heavy (non-hydrogen) atoms. The number of carbonyl (C=O) groups excluding carboxylic acids is 1. The Kier molecular flexibility index (Phi) is 3.19. The molecule has 0 N–H and O–H groups in total. The Balaban J connectivity index is 2.10. The van der Waals surface area contributed by atoms with Gasteiger partial charge in [-0.05, 0) is 50.4 Å². The summed E-state index contributed by atoms with van der Waals surface area (Å²) in [7, 11) is 0. The van der Waals surface area contributed by atoms with Crippen LogP contribution in [-0.2, 0) is 9.53 Å². The third-order valence-electron chi connectivity index (χ3n) is 6.16. The first-order valence-corrected chi connectivity index (χ1v) is 7.70. The second-order valence-electron chi connectivity index (χ2n) is 6.99. The van der Waals surface area contributed by atoms with E-state index in [1.165, 1.54) is 0 Å². The van der Waals surface area contributed by atoms with E-state index in [1.807, 2.05) is 0 Å². The van der Waals surface area contributed by atoms with Crippen molar-refractivity contribution in [1.82, 2.24) is 0 Å².